The SMILES string of the molecule is NC(=S)CCN(Cc1cccnc1)c1ncc(Br)cc1Cl. The van der Waals surface area contributed by atoms with Gasteiger partial charge < -0.3 is 10.6 Å². The van der Waals surface area contributed by atoms with Gasteiger partial charge in [0.1, 0.15) is 5.82 Å². The molecule has 0 bridgehead atoms. The highest BCUT2D eigenvalue weighted by Gasteiger charge is 2.13. The van der Waals surface area contributed by atoms with Gasteiger partial charge in [0.15, 0.2) is 0 Å². The largest absolute Gasteiger partial charge is 0.393 e. The molecule has 0 radical (unpaired) electrons. The number of pyridine rings is 2. The normalized spacial score (nSPS) is 10.4. The van der Waals surface area contributed by atoms with E-state index in [1.165, 1.54) is 0 Å². The third-order valence-corrected chi connectivity index (χ3v) is 3.73. The molecule has 0 amide bonds. The minimum absolute atomic E-state index is 0.472. The van der Waals surface area contributed by atoms with Gasteiger partial charge in [-0.25, -0.2) is 4.98 Å². The second-order valence-electron chi connectivity index (χ2n) is 4.46. The Morgan fingerprint density at radius 3 is 2.86 bits per heavy atom. The molecule has 2 N–H and O–H groups in total. The van der Waals surface area contributed by atoms with Crippen molar-refractivity contribution in [1.82, 2.24) is 9.97 Å². The zero-order valence-electron chi connectivity index (χ0n) is 11.2. The van der Waals surface area contributed by atoms with E-state index in [4.69, 9.17) is 29.6 Å². The minimum Gasteiger partial charge on any atom is -0.393 e. The lowest BCUT2D eigenvalue weighted by Crippen LogP contribution is -2.28. The van der Waals surface area contributed by atoms with Crippen LogP contribution in [0.5, 0.6) is 0 Å². The van der Waals surface area contributed by atoms with Crippen molar-refractivity contribution >= 4 is 50.6 Å². The topological polar surface area (TPSA) is 55.0 Å². The number of nitrogens with zero attached hydrogens (tertiary/aromatic N) is 3. The van der Waals surface area contributed by atoms with Crippen LogP contribution in [0.15, 0.2) is 41.3 Å². The summed E-state index contributed by atoms with van der Waals surface area (Å²) in [5.74, 6) is 0.708. The first-order valence-corrected chi connectivity index (χ1v) is 7.87. The molecule has 7 heteroatoms. The van der Waals surface area contributed by atoms with Crippen LogP contribution in [0, 0.1) is 0 Å². The molecule has 2 aromatic heterocycles. The van der Waals surface area contributed by atoms with Gasteiger partial charge in [0.2, 0.25) is 0 Å². The molecule has 110 valence electrons. The summed E-state index contributed by atoms with van der Waals surface area (Å²) < 4.78 is 0.840. The highest BCUT2D eigenvalue weighted by atomic mass is 79.9. The summed E-state index contributed by atoms with van der Waals surface area (Å²) in [4.78, 5) is 11.0. The lowest BCUT2D eigenvalue weighted by Gasteiger charge is -2.24. The van der Waals surface area contributed by atoms with Crippen LogP contribution in [-0.2, 0) is 6.54 Å². The third kappa shape index (κ3) is 4.91. The molecule has 4 nitrogen and oxygen atoms in total. The van der Waals surface area contributed by atoms with Crippen LogP contribution in [0.25, 0.3) is 0 Å². The van der Waals surface area contributed by atoms with E-state index in [-0.39, 0.29) is 0 Å². The first-order chi connectivity index (χ1) is 10.1. The van der Waals surface area contributed by atoms with Crippen molar-refractivity contribution in [3.63, 3.8) is 0 Å². The summed E-state index contributed by atoms with van der Waals surface area (Å²) in [6.07, 6.45) is 5.89. The molecule has 0 saturated heterocycles. The predicted molar refractivity (Wildman–Crippen MR) is 93.6 cm³/mol. The summed E-state index contributed by atoms with van der Waals surface area (Å²) in [6.45, 7) is 1.30. The number of anilines is 1. The molecule has 0 aromatic carbocycles. The van der Waals surface area contributed by atoms with Crippen LogP contribution < -0.4 is 10.6 Å². The van der Waals surface area contributed by atoms with Crippen molar-refractivity contribution in [1.29, 1.82) is 0 Å². The number of nitrogens with two attached hydrogens (primary N) is 1. The summed E-state index contributed by atoms with van der Waals surface area (Å²) in [7, 11) is 0. The van der Waals surface area contributed by atoms with Crippen LogP contribution in [0.2, 0.25) is 5.02 Å². The molecule has 0 saturated carbocycles. The quantitative estimate of drug-likeness (QED) is 0.770. The maximum Gasteiger partial charge on any atom is 0.147 e. The summed E-state index contributed by atoms with van der Waals surface area (Å²) in [6, 6.07) is 5.73. The molecular weight excluding hydrogens is 372 g/mol. The van der Waals surface area contributed by atoms with Gasteiger partial charge in [0, 0.05) is 42.6 Å². The van der Waals surface area contributed by atoms with Crippen molar-refractivity contribution < 1.29 is 0 Å². The zero-order valence-corrected chi connectivity index (χ0v) is 14.3. The van der Waals surface area contributed by atoms with E-state index in [0.29, 0.717) is 35.3 Å². The van der Waals surface area contributed by atoms with Gasteiger partial charge >= 0.3 is 0 Å². The van der Waals surface area contributed by atoms with Crippen molar-refractivity contribution in [2.24, 2.45) is 5.73 Å². The van der Waals surface area contributed by atoms with Gasteiger partial charge in [-0.15, -0.1) is 0 Å². The minimum atomic E-state index is 0.472. The number of halogens is 2. The van der Waals surface area contributed by atoms with Crippen molar-refractivity contribution in [2.75, 3.05) is 11.4 Å². The van der Waals surface area contributed by atoms with Gasteiger partial charge in [-0.2, -0.15) is 0 Å². The Morgan fingerprint density at radius 1 is 1.43 bits per heavy atom. The average molecular weight is 386 g/mol. The molecular formula is C14H14BrClN4S. The van der Waals surface area contributed by atoms with E-state index in [9.17, 15) is 0 Å². The molecule has 0 aliphatic rings. The van der Waals surface area contributed by atoms with E-state index in [1.54, 1.807) is 12.4 Å². The van der Waals surface area contributed by atoms with E-state index in [2.05, 4.69) is 25.9 Å². The standard InChI is InChI=1S/C14H14BrClN4S/c15-11-6-12(16)14(19-8-11)20(5-3-13(17)21)9-10-2-1-4-18-7-10/h1-2,4,6-8H,3,5,9H2,(H2,17,21). The second-order valence-corrected chi connectivity index (χ2v) is 6.31. The molecule has 0 unspecified atom stereocenters. The van der Waals surface area contributed by atoms with Crippen LogP contribution in [0.3, 0.4) is 0 Å². The predicted octanol–water partition coefficient (Wildman–Crippen LogP) is 3.58. The van der Waals surface area contributed by atoms with Crippen molar-refractivity contribution in [2.45, 2.75) is 13.0 Å². The lowest BCUT2D eigenvalue weighted by atomic mass is 10.2. The highest BCUT2D eigenvalue weighted by molar-refractivity contribution is 9.10. The second kappa shape index (κ2) is 7.68. The Kier molecular flexibility index (Phi) is 5.90. The van der Waals surface area contributed by atoms with Gasteiger partial charge in [-0.3, -0.25) is 4.98 Å². The van der Waals surface area contributed by atoms with Crippen LogP contribution >= 0.6 is 39.7 Å². The van der Waals surface area contributed by atoms with Crippen LogP contribution in [0.1, 0.15) is 12.0 Å². The highest BCUT2D eigenvalue weighted by Crippen LogP contribution is 2.27. The molecule has 0 atom stereocenters. The van der Waals surface area contributed by atoms with Crippen LogP contribution in [-0.4, -0.2) is 21.5 Å². The number of thiocarbonyl (C=S) groups is 1. The van der Waals surface area contributed by atoms with Gasteiger partial charge in [0.05, 0.1) is 10.0 Å². The first-order valence-electron chi connectivity index (χ1n) is 6.29. The van der Waals surface area contributed by atoms with E-state index < -0.39 is 0 Å². The number of hydrogen-bond acceptors (Lipinski definition) is 4. The monoisotopic (exact) mass is 384 g/mol. The molecule has 2 rings (SSSR count). The molecule has 0 fully saturated rings. The third-order valence-electron chi connectivity index (χ3n) is 2.81. The van der Waals surface area contributed by atoms with E-state index in [0.717, 1.165) is 10.0 Å². The maximum atomic E-state index is 6.29. The molecule has 2 heterocycles. The lowest BCUT2D eigenvalue weighted by molar-refractivity contribution is 0.788. The Balaban J connectivity index is 2.24. The Morgan fingerprint density at radius 2 is 2.24 bits per heavy atom. The molecule has 0 aliphatic carbocycles. The molecule has 0 aliphatic heterocycles. The smallest absolute Gasteiger partial charge is 0.147 e. The fourth-order valence-corrected chi connectivity index (χ4v) is 2.70. The number of aromatic nitrogens is 2. The van der Waals surface area contributed by atoms with Gasteiger partial charge in [-0.1, -0.05) is 29.9 Å². The Labute approximate surface area is 142 Å². The molecule has 0 spiro atoms. The fraction of sp³-hybridized carbons (Fsp3) is 0.214. The van der Waals surface area contributed by atoms with Crippen molar-refractivity contribution in [3.8, 4) is 0 Å². The van der Waals surface area contributed by atoms with E-state index in [1.807, 2.05) is 29.3 Å². The molecule has 21 heavy (non-hydrogen) atoms. The van der Waals surface area contributed by atoms with Crippen molar-refractivity contribution in [3.05, 3.63) is 51.8 Å². The van der Waals surface area contributed by atoms with Gasteiger partial charge in [0.25, 0.3) is 0 Å². The Hall–Kier alpha value is -1.24. The molecule has 2 aromatic rings. The van der Waals surface area contributed by atoms with Gasteiger partial charge in [-0.05, 0) is 33.6 Å². The maximum absolute atomic E-state index is 6.29. The average Bonchev–Trinajstić information content (AvgIpc) is 2.45. The Bertz CT molecular complexity index is 624. The summed E-state index contributed by atoms with van der Waals surface area (Å²) in [5.41, 5.74) is 6.68. The number of rotatable bonds is 6. The summed E-state index contributed by atoms with van der Waals surface area (Å²) in [5, 5.41) is 0.580. The number of hydrogen-bond donors (Lipinski definition) is 1. The fourth-order valence-electron chi connectivity index (χ4n) is 1.86. The summed E-state index contributed by atoms with van der Waals surface area (Å²) >= 11 is 14.6. The van der Waals surface area contributed by atoms with Crippen LogP contribution in [0.4, 0.5) is 5.82 Å². The first kappa shape index (κ1) is 16.1. The zero-order chi connectivity index (χ0) is 15.2. The van der Waals surface area contributed by atoms with E-state index >= 15 is 0 Å².